The van der Waals surface area contributed by atoms with Gasteiger partial charge in [0.1, 0.15) is 5.75 Å². The lowest BCUT2D eigenvalue weighted by Gasteiger charge is -2.18. The van der Waals surface area contributed by atoms with E-state index in [9.17, 15) is 9.59 Å². The predicted octanol–water partition coefficient (Wildman–Crippen LogP) is 4.78. The van der Waals surface area contributed by atoms with Crippen molar-refractivity contribution in [2.24, 2.45) is 0 Å². The maximum Gasteiger partial charge on any atom is 0.338 e. The zero-order valence-electron chi connectivity index (χ0n) is 22.2. The molecule has 3 rings (SSSR count). The zero-order chi connectivity index (χ0) is 27.7. The molecule has 0 fully saturated rings. The smallest absolute Gasteiger partial charge is 0.338 e. The molecule has 0 spiro atoms. The first-order chi connectivity index (χ1) is 18.4. The van der Waals surface area contributed by atoms with Crippen LogP contribution in [-0.2, 0) is 14.3 Å². The largest absolute Gasteiger partial charge is 0.497 e. The summed E-state index contributed by atoms with van der Waals surface area (Å²) in [5.41, 5.74) is 2.30. The fourth-order valence-electron chi connectivity index (χ4n) is 3.79. The summed E-state index contributed by atoms with van der Waals surface area (Å²) >= 11 is 0. The van der Waals surface area contributed by atoms with Gasteiger partial charge in [-0.05, 0) is 66.1 Å². The number of pyridine rings is 1. The average molecular weight is 519 g/mol. The summed E-state index contributed by atoms with van der Waals surface area (Å²) in [6, 6.07) is 13.8. The molecule has 9 heteroatoms. The molecule has 0 saturated heterocycles. The van der Waals surface area contributed by atoms with Gasteiger partial charge in [0, 0.05) is 18.1 Å². The van der Waals surface area contributed by atoms with E-state index >= 15 is 0 Å². The molecule has 3 aromatic rings. The number of aromatic nitrogens is 1. The van der Waals surface area contributed by atoms with Crippen LogP contribution in [0.5, 0.6) is 23.0 Å². The van der Waals surface area contributed by atoms with Crippen LogP contribution >= 0.6 is 0 Å². The van der Waals surface area contributed by atoms with Crippen LogP contribution in [0.4, 0.5) is 5.69 Å². The van der Waals surface area contributed by atoms with Gasteiger partial charge in [-0.2, -0.15) is 0 Å². The van der Waals surface area contributed by atoms with Gasteiger partial charge in [-0.3, -0.25) is 9.78 Å². The number of amides is 1. The van der Waals surface area contributed by atoms with Gasteiger partial charge in [0.2, 0.25) is 5.75 Å². The molecule has 0 saturated carbocycles. The maximum absolute atomic E-state index is 13.7. The van der Waals surface area contributed by atoms with Crippen LogP contribution in [-0.4, -0.2) is 52.4 Å². The Morgan fingerprint density at radius 1 is 0.842 bits per heavy atom. The number of ether oxygens (including phenoxy) is 5. The van der Waals surface area contributed by atoms with Crippen LogP contribution in [0.2, 0.25) is 0 Å². The summed E-state index contributed by atoms with van der Waals surface area (Å²) in [5.74, 6) is 0.558. The summed E-state index contributed by atoms with van der Waals surface area (Å²) in [6.45, 7) is 1.71. The van der Waals surface area contributed by atoms with E-state index < -0.39 is 11.9 Å². The molecule has 2 aromatic carbocycles. The Bertz CT molecular complexity index is 1340. The first-order valence-corrected chi connectivity index (χ1v) is 11.5. The van der Waals surface area contributed by atoms with Crippen LogP contribution in [0.3, 0.4) is 0 Å². The van der Waals surface area contributed by atoms with Crippen molar-refractivity contribution < 1.29 is 33.3 Å². The number of hydrogen-bond donors (Lipinski definition) is 1. The van der Waals surface area contributed by atoms with Crippen molar-refractivity contribution in [3.63, 3.8) is 0 Å². The van der Waals surface area contributed by atoms with E-state index in [2.05, 4.69) is 10.3 Å². The summed E-state index contributed by atoms with van der Waals surface area (Å²) in [5, 5.41) is 2.83. The summed E-state index contributed by atoms with van der Waals surface area (Å²) in [6.07, 6.45) is 4.71. The fourth-order valence-corrected chi connectivity index (χ4v) is 3.79. The first-order valence-electron chi connectivity index (χ1n) is 11.5. The molecule has 38 heavy (non-hydrogen) atoms. The third-order valence-corrected chi connectivity index (χ3v) is 5.72. The topological polar surface area (TPSA) is 105 Å². The van der Waals surface area contributed by atoms with Crippen molar-refractivity contribution in [2.45, 2.75) is 6.92 Å². The van der Waals surface area contributed by atoms with E-state index in [1.54, 1.807) is 81.0 Å². The lowest BCUT2D eigenvalue weighted by Crippen LogP contribution is -2.21. The second-order valence-electron chi connectivity index (χ2n) is 7.93. The van der Waals surface area contributed by atoms with Crippen LogP contribution in [0.25, 0.3) is 11.6 Å². The van der Waals surface area contributed by atoms with E-state index in [-0.39, 0.29) is 11.1 Å². The van der Waals surface area contributed by atoms with Crippen LogP contribution < -0.4 is 24.3 Å². The van der Waals surface area contributed by atoms with Crippen molar-refractivity contribution in [3.8, 4) is 23.0 Å². The van der Waals surface area contributed by atoms with Gasteiger partial charge in [-0.1, -0.05) is 12.1 Å². The number of hydrogen-bond acceptors (Lipinski definition) is 8. The second kappa shape index (κ2) is 13.0. The van der Waals surface area contributed by atoms with Crippen molar-refractivity contribution in [2.75, 3.05) is 40.9 Å². The monoisotopic (exact) mass is 518 g/mol. The molecule has 198 valence electrons. The van der Waals surface area contributed by atoms with Gasteiger partial charge >= 0.3 is 5.97 Å². The molecule has 0 aliphatic heterocycles. The minimum atomic E-state index is -0.699. The van der Waals surface area contributed by atoms with Crippen molar-refractivity contribution in [1.82, 2.24) is 4.98 Å². The summed E-state index contributed by atoms with van der Waals surface area (Å²) in [4.78, 5) is 30.9. The maximum atomic E-state index is 13.7. The number of benzene rings is 2. The minimum Gasteiger partial charge on any atom is -0.497 e. The van der Waals surface area contributed by atoms with Crippen LogP contribution in [0.15, 0.2) is 72.1 Å². The Labute approximate surface area is 221 Å². The number of nitrogens with zero attached hydrogens (tertiary/aromatic N) is 1. The van der Waals surface area contributed by atoms with E-state index in [1.807, 2.05) is 0 Å². The molecular formula is C29H30N2O7. The summed E-state index contributed by atoms with van der Waals surface area (Å²) in [7, 11) is 7.30. The molecule has 0 atom stereocenters. The van der Waals surface area contributed by atoms with Crippen molar-refractivity contribution >= 4 is 29.2 Å². The molecule has 0 unspecified atom stereocenters. The van der Waals surface area contributed by atoms with Gasteiger partial charge in [0.25, 0.3) is 5.91 Å². The highest BCUT2D eigenvalue weighted by Crippen LogP contribution is 2.41. The van der Waals surface area contributed by atoms with E-state index in [4.69, 9.17) is 23.7 Å². The first kappa shape index (κ1) is 27.8. The van der Waals surface area contributed by atoms with E-state index in [1.165, 1.54) is 28.4 Å². The number of carbonyl (C=O) groups is 2. The van der Waals surface area contributed by atoms with Gasteiger partial charge in [-0.15, -0.1) is 0 Å². The van der Waals surface area contributed by atoms with Crippen molar-refractivity contribution in [1.29, 1.82) is 0 Å². The van der Waals surface area contributed by atoms with Gasteiger partial charge in [0.05, 0.1) is 46.7 Å². The Morgan fingerprint density at radius 3 is 2.05 bits per heavy atom. The average Bonchev–Trinajstić information content (AvgIpc) is 2.96. The van der Waals surface area contributed by atoms with Gasteiger partial charge < -0.3 is 29.0 Å². The van der Waals surface area contributed by atoms with Gasteiger partial charge in [0.15, 0.2) is 11.5 Å². The lowest BCUT2D eigenvalue weighted by atomic mass is 9.93. The molecule has 9 nitrogen and oxygen atoms in total. The Morgan fingerprint density at radius 2 is 1.50 bits per heavy atom. The van der Waals surface area contributed by atoms with Crippen molar-refractivity contribution in [3.05, 3.63) is 83.2 Å². The normalized spacial score (nSPS) is 11.7. The second-order valence-corrected chi connectivity index (χ2v) is 7.93. The number of rotatable bonds is 10. The fraction of sp³-hybridized carbons (Fsp3) is 0.207. The Balaban J connectivity index is 2.29. The predicted molar refractivity (Wildman–Crippen MR) is 145 cm³/mol. The molecule has 1 N–H and O–H groups in total. The van der Waals surface area contributed by atoms with Crippen LogP contribution in [0.1, 0.15) is 18.1 Å². The molecule has 1 amide bonds. The highest BCUT2D eigenvalue weighted by atomic mass is 16.5. The molecule has 1 aromatic heterocycles. The third-order valence-electron chi connectivity index (χ3n) is 5.72. The number of carbonyl (C=O) groups excluding carboxylic acids is 2. The molecule has 1 heterocycles. The summed E-state index contributed by atoms with van der Waals surface area (Å²) < 4.78 is 26.9. The van der Waals surface area contributed by atoms with Crippen LogP contribution in [0, 0.1) is 0 Å². The number of methoxy groups -OCH3 is 5. The molecule has 0 aliphatic rings. The third kappa shape index (κ3) is 6.31. The quantitative estimate of drug-likeness (QED) is 0.232. The van der Waals surface area contributed by atoms with E-state index in [0.717, 1.165) is 0 Å². The molecule has 0 aliphatic carbocycles. The SMILES string of the molecule is COC(=O)C(=C(/C)c1cc(OC)c(OC)c(OC)c1)/C(=C\c1cccc(OC)c1)C(=O)Nc1ccncc1. The number of allylic oxidation sites excluding steroid dienone is 1. The number of esters is 1. The lowest BCUT2D eigenvalue weighted by molar-refractivity contribution is -0.136. The van der Waals surface area contributed by atoms with Gasteiger partial charge in [-0.25, -0.2) is 4.79 Å². The minimum absolute atomic E-state index is 0.0520. The van der Waals surface area contributed by atoms with E-state index in [0.29, 0.717) is 45.4 Å². The Kier molecular flexibility index (Phi) is 9.48. The highest BCUT2D eigenvalue weighted by Gasteiger charge is 2.26. The Hall–Kier alpha value is -4.79. The molecule has 0 radical (unpaired) electrons. The standard InChI is InChI=1S/C29H30N2O7/c1-18(20-16-24(35-3)27(37-5)25(17-20)36-4)26(29(33)38-6)23(15-19-8-7-9-22(14-19)34-2)28(32)31-21-10-12-30-13-11-21/h7-17H,1-6H3,(H,30,31,32)/b23-15+,26-18-. The number of anilines is 1. The highest BCUT2D eigenvalue weighted by molar-refractivity contribution is 6.19. The number of nitrogens with one attached hydrogen (secondary N) is 1. The molecule has 0 bridgehead atoms. The molecular weight excluding hydrogens is 488 g/mol. The zero-order valence-corrected chi connectivity index (χ0v) is 22.2.